The van der Waals surface area contributed by atoms with Crippen molar-refractivity contribution in [1.29, 1.82) is 0 Å². The summed E-state index contributed by atoms with van der Waals surface area (Å²) in [6.07, 6.45) is 0. The Morgan fingerprint density at radius 3 is 2.36 bits per heavy atom. The molecule has 7 nitrogen and oxygen atoms in total. The van der Waals surface area contributed by atoms with Gasteiger partial charge in [0.25, 0.3) is 15.9 Å². The van der Waals surface area contributed by atoms with Crippen LogP contribution < -0.4 is 0 Å². The molecule has 1 aromatic rings. The normalized spacial score (nSPS) is 11.2. The highest BCUT2D eigenvalue weighted by atomic mass is 32.2. The third-order valence-electron chi connectivity index (χ3n) is 1.42. The minimum absolute atomic E-state index is 0.512. The fraction of sp³-hybridized carbons (Fsp3) is 0. The van der Waals surface area contributed by atoms with Crippen LogP contribution in [-0.2, 0) is 15.2 Å². The minimum atomic E-state index is -4.52. The van der Waals surface area contributed by atoms with Gasteiger partial charge >= 0.3 is 5.69 Å². The Labute approximate surface area is 78.5 Å². The van der Waals surface area contributed by atoms with Gasteiger partial charge in [0.2, 0.25) is 0 Å². The second-order valence-corrected chi connectivity index (χ2v) is 3.78. The molecule has 8 heteroatoms. The minimum Gasteiger partial charge on any atom is -0.282 e. The summed E-state index contributed by atoms with van der Waals surface area (Å²) in [4.78, 5) is 8.54. The van der Waals surface area contributed by atoms with Crippen LogP contribution in [0.3, 0.4) is 0 Å². The Morgan fingerprint density at radius 2 is 1.93 bits per heavy atom. The lowest BCUT2D eigenvalue weighted by molar-refractivity contribution is -0.386. The maximum Gasteiger partial charge on any atom is 0.317 e. The van der Waals surface area contributed by atoms with E-state index in [0.29, 0.717) is 12.1 Å². The molecule has 1 radical (unpaired) electrons. The van der Waals surface area contributed by atoms with E-state index in [0.717, 1.165) is 6.07 Å². The predicted octanol–water partition coefficient (Wildman–Crippen LogP) is 0.985. The molecule has 0 unspecified atom stereocenters. The average Bonchev–Trinajstić information content (AvgIpc) is 2.02. The van der Waals surface area contributed by atoms with Crippen molar-refractivity contribution in [2.45, 2.75) is 4.90 Å². The summed E-state index contributed by atoms with van der Waals surface area (Å²) in [5.74, 6) is -0.914. The molecule has 14 heavy (non-hydrogen) atoms. The van der Waals surface area contributed by atoms with Gasteiger partial charge in [0.15, 0.2) is 0 Å². The van der Waals surface area contributed by atoms with Gasteiger partial charge < -0.3 is 0 Å². The van der Waals surface area contributed by atoms with Crippen LogP contribution in [0.5, 0.6) is 5.75 Å². The quantitative estimate of drug-likeness (QED) is 0.451. The molecule has 1 rings (SSSR count). The summed E-state index contributed by atoms with van der Waals surface area (Å²) in [5.41, 5.74) is -0.889. The number of nitrogens with zero attached hydrogens (tertiary/aromatic N) is 1. The summed E-state index contributed by atoms with van der Waals surface area (Å²) in [6.45, 7) is 0. The average molecular weight is 218 g/mol. The lowest BCUT2D eigenvalue weighted by atomic mass is 10.3. The van der Waals surface area contributed by atoms with Gasteiger partial charge in [-0.2, -0.15) is 8.42 Å². The maximum atomic E-state index is 10.8. The number of nitro benzene ring substituents is 1. The van der Waals surface area contributed by atoms with Crippen molar-refractivity contribution in [2.75, 3.05) is 0 Å². The monoisotopic (exact) mass is 218 g/mol. The zero-order valence-corrected chi connectivity index (χ0v) is 7.39. The van der Waals surface area contributed by atoms with Crippen LogP contribution in [0, 0.1) is 10.1 Å². The van der Waals surface area contributed by atoms with Gasteiger partial charge in [0, 0.05) is 6.07 Å². The van der Waals surface area contributed by atoms with Crippen LogP contribution in [0.25, 0.3) is 0 Å². The highest BCUT2D eigenvalue weighted by molar-refractivity contribution is 7.85. The van der Waals surface area contributed by atoms with Gasteiger partial charge in [-0.3, -0.25) is 19.8 Å². The van der Waals surface area contributed by atoms with Gasteiger partial charge in [0.1, 0.15) is 4.90 Å². The first-order valence-electron chi connectivity index (χ1n) is 3.25. The predicted molar refractivity (Wildman–Crippen MR) is 43.0 cm³/mol. The molecule has 0 aromatic heterocycles. The smallest absolute Gasteiger partial charge is 0.282 e. The van der Waals surface area contributed by atoms with E-state index in [-0.39, 0.29) is 0 Å². The Hall–Kier alpha value is -1.67. The van der Waals surface area contributed by atoms with E-state index in [2.05, 4.69) is 0 Å². The number of benzene rings is 1. The van der Waals surface area contributed by atoms with Crippen LogP contribution in [0.1, 0.15) is 0 Å². The second kappa shape index (κ2) is 3.24. The van der Waals surface area contributed by atoms with Crippen LogP contribution >= 0.6 is 0 Å². The zero-order valence-electron chi connectivity index (χ0n) is 6.58. The zero-order chi connectivity index (χ0) is 10.9. The fourth-order valence-electron chi connectivity index (χ4n) is 0.800. The molecule has 75 valence electrons. The first-order chi connectivity index (χ1) is 6.32. The molecule has 0 spiro atoms. The molecule has 0 aliphatic heterocycles. The molecule has 0 aliphatic rings. The van der Waals surface area contributed by atoms with E-state index in [4.69, 9.17) is 4.55 Å². The summed E-state index contributed by atoms with van der Waals surface area (Å²) in [6, 6.07) is 2.02. The summed E-state index contributed by atoms with van der Waals surface area (Å²) >= 11 is 0. The molecule has 0 atom stereocenters. The van der Waals surface area contributed by atoms with Gasteiger partial charge in [-0.15, -0.1) is 0 Å². The Bertz CT molecular complexity index is 479. The SMILES string of the molecule is [O]c1ccc(S(=O)(=O)O)cc1[N+](=O)[O-]. The molecular weight excluding hydrogens is 214 g/mol. The highest BCUT2D eigenvalue weighted by Crippen LogP contribution is 2.28. The van der Waals surface area contributed by atoms with E-state index in [1.54, 1.807) is 0 Å². The van der Waals surface area contributed by atoms with Crippen molar-refractivity contribution in [1.82, 2.24) is 0 Å². The number of rotatable bonds is 2. The molecule has 0 heterocycles. The lowest BCUT2D eigenvalue weighted by Gasteiger charge is -1.96. The Kier molecular flexibility index (Phi) is 2.41. The molecule has 0 saturated carbocycles. The van der Waals surface area contributed by atoms with Crippen molar-refractivity contribution in [2.24, 2.45) is 0 Å². The lowest BCUT2D eigenvalue weighted by Crippen LogP contribution is -1.99. The molecule has 0 saturated heterocycles. The summed E-state index contributed by atoms with van der Waals surface area (Å²) in [5, 5.41) is 21.1. The van der Waals surface area contributed by atoms with Crippen molar-refractivity contribution >= 4 is 15.8 Å². The molecule has 0 bridgehead atoms. The van der Waals surface area contributed by atoms with E-state index in [1.165, 1.54) is 0 Å². The summed E-state index contributed by atoms with van der Waals surface area (Å²) in [7, 11) is -4.52. The fourth-order valence-corrected chi connectivity index (χ4v) is 1.30. The third-order valence-corrected chi connectivity index (χ3v) is 2.27. The van der Waals surface area contributed by atoms with Crippen LogP contribution in [0.4, 0.5) is 5.69 Å². The van der Waals surface area contributed by atoms with E-state index < -0.39 is 31.4 Å². The molecule has 0 fully saturated rings. The second-order valence-electron chi connectivity index (χ2n) is 2.36. The first-order valence-corrected chi connectivity index (χ1v) is 4.69. The van der Waals surface area contributed by atoms with Crippen LogP contribution in [0.2, 0.25) is 0 Å². The van der Waals surface area contributed by atoms with E-state index in [1.807, 2.05) is 0 Å². The van der Waals surface area contributed by atoms with Crippen LogP contribution in [0.15, 0.2) is 23.1 Å². The van der Waals surface area contributed by atoms with Crippen molar-refractivity contribution in [3.8, 4) is 5.75 Å². The van der Waals surface area contributed by atoms with Crippen molar-refractivity contribution in [3.63, 3.8) is 0 Å². The van der Waals surface area contributed by atoms with E-state index in [9.17, 15) is 23.6 Å². The maximum absolute atomic E-state index is 10.8. The molecular formula is C6H4NO6S. The van der Waals surface area contributed by atoms with Gasteiger partial charge in [0.05, 0.1) is 4.92 Å². The highest BCUT2D eigenvalue weighted by Gasteiger charge is 2.20. The molecule has 0 amide bonds. The molecule has 0 aliphatic carbocycles. The topological polar surface area (TPSA) is 117 Å². The number of hydrogen-bond acceptors (Lipinski definition) is 4. The largest absolute Gasteiger partial charge is 0.317 e. The Morgan fingerprint density at radius 1 is 1.36 bits per heavy atom. The number of nitro groups is 1. The van der Waals surface area contributed by atoms with Gasteiger partial charge in [-0.05, 0) is 12.1 Å². The van der Waals surface area contributed by atoms with Gasteiger partial charge in [-0.25, -0.2) is 0 Å². The Balaban J connectivity index is 3.42. The van der Waals surface area contributed by atoms with Gasteiger partial charge in [-0.1, -0.05) is 0 Å². The van der Waals surface area contributed by atoms with Crippen molar-refractivity contribution < 1.29 is 23.0 Å². The molecule has 1 N–H and O–H groups in total. The third kappa shape index (κ3) is 1.98. The van der Waals surface area contributed by atoms with E-state index >= 15 is 0 Å². The standard InChI is InChI=1S/C6H4NO6S/c8-6-2-1-4(14(11,12)13)3-5(6)7(9)10/h1-3H,(H,11,12,13). The number of hydrogen-bond donors (Lipinski definition) is 1. The summed E-state index contributed by atoms with van der Waals surface area (Å²) < 4.78 is 29.6. The molecule has 1 aromatic carbocycles. The van der Waals surface area contributed by atoms with Crippen molar-refractivity contribution in [3.05, 3.63) is 28.3 Å². The first kappa shape index (κ1) is 10.4. The van der Waals surface area contributed by atoms with Crippen LogP contribution in [-0.4, -0.2) is 17.9 Å².